The van der Waals surface area contributed by atoms with E-state index < -0.39 is 21.9 Å². The lowest BCUT2D eigenvalue weighted by Gasteiger charge is -2.33. The smallest absolute Gasteiger partial charge is 0.243 e. The van der Waals surface area contributed by atoms with E-state index in [2.05, 4.69) is 5.32 Å². The van der Waals surface area contributed by atoms with Crippen molar-refractivity contribution in [3.63, 3.8) is 0 Å². The average molecular weight is 596 g/mol. The average Bonchev–Trinajstić information content (AvgIpc) is 2.95. The summed E-state index contributed by atoms with van der Waals surface area (Å²) in [7, 11) is -3.61. The van der Waals surface area contributed by atoms with Gasteiger partial charge in [-0.05, 0) is 68.5 Å². The molecule has 3 rings (SSSR count). The van der Waals surface area contributed by atoms with Gasteiger partial charge >= 0.3 is 0 Å². The molecule has 0 aliphatic rings. The SMILES string of the molecule is CC[C@H](C)NC(=O)[C@H](Cc1ccccc1)N(Cc1ccccc1F)C(=O)CCCN(c1ccc(C)c(C)c1)S(C)(=O)=O. The number of nitrogens with one attached hydrogen (secondary N) is 1. The molecule has 0 heterocycles. The fraction of sp³-hybridized carbons (Fsp3) is 0.394. The summed E-state index contributed by atoms with van der Waals surface area (Å²) < 4.78 is 41.5. The summed E-state index contributed by atoms with van der Waals surface area (Å²) in [5, 5.41) is 3.00. The molecule has 0 saturated carbocycles. The summed E-state index contributed by atoms with van der Waals surface area (Å²) in [5.74, 6) is -1.13. The molecule has 7 nitrogen and oxygen atoms in total. The first-order valence-corrected chi connectivity index (χ1v) is 16.2. The Balaban J connectivity index is 1.91. The molecule has 0 bridgehead atoms. The summed E-state index contributed by atoms with van der Waals surface area (Å²) in [6.45, 7) is 7.72. The molecule has 0 fully saturated rings. The second kappa shape index (κ2) is 15.0. The van der Waals surface area contributed by atoms with E-state index in [0.29, 0.717) is 17.7 Å². The van der Waals surface area contributed by atoms with E-state index in [-0.39, 0.29) is 50.2 Å². The monoisotopic (exact) mass is 595 g/mol. The van der Waals surface area contributed by atoms with E-state index in [1.165, 1.54) is 15.3 Å². The second-order valence-electron chi connectivity index (χ2n) is 10.8. The van der Waals surface area contributed by atoms with Gasteiger partial charge in [-0.1, -0.05) is 61.5 Å². The highest BCUT2D eigenvalue weighted by molar-refractivity contribution is 7.92. The van der Waals surface area contributed by atoms with Crippen molar-refractivity contribution in [2.75, 3.05) is 17.1 Å². The maximum Gasteiger partial charge on any atom is 0.243 e. The van der Waals surface area contributed by atoms with Gasteiger partial charge in [-0.25, -0.2) is 12.8 Å². The Morgan fingerprint density at radius 3 is 2.24 bits per heavy atom. The summed E-state index contributed by atoms with van der Waals surface area (Å²) >= 11 is 0. The second-order valence-corrected chi connectivity index (χ2v) is 12.8. The fourth-order valence-corrected chi connectivity index (χ4v) is 5.65. The van der Waals surface area contributed by atoms with Crippen LogP contribution in [0, 0.1) is 19.7 Å². The number of amides is 2. The lowest BCUT2D eigenvalue weighted by atomic mass is 10.0. The highest BCUT2D eigenvalue weighted by atomic mass is 32.2. The van der Waals surface area contributed by atoms with Crippen molar-refractivity contribution in [3.05, 3.63) is 101 Å². The molecular formula is C33H42FN3O4S. The molecule has 2 amide bonds. The number of sulfonamides is 1. The number of hydrogen-bond donors (Lipinski definition) is 1. The topological polar surface area (TPSA) is 86.8 Å². The van der Waals surface area contributed by atoms with Gasteiger partial charge in [-0.2, -0.15) is 0 Å². The fourth-order valence-electron chi connectivity index (χ4n) is 4.69. The minimum absolute atomic E-state index is 0.0206. The summed E-state index contributed by atoms with van der Waals surface area (Å²) in [5.41, 5.74) is 3.71. The first-order chi connectivity index (χ1) is 19.9. The van der Waals surface area contributed by atoms with Crippen molar-refractivity contribution in [1.29, 1.82) is 0 Å². The van der Waals surface area contributed by atoms with Gasteiger partial charge in [-0.15, -0.1) is 0 Å². The molecule has 2 atom stereocenters. The lowest BCUT2D eigenvalue weighted by molar-refractivity contribution is -0.141. The molecule has 3 aromatic carbocycles. The number of anilines is 1. The van der Waals surface area contributed by atoms with Crippen LogP contribution in [0.5, 0.6) is 0 Å². The van der Waals surface area contributed by atoms with Crippen LogP contribution in [-0.4, -0.2) is 50.0 Å². The zero-order chi connectivity index (χ0) is 30.9. The van der Waals surface area contributed by atoms with Crippen LogP contribution in [0.1, 0.15) is 55.4 Å². The molecule has 0 aliphatic carbocycles. The minimum Gasteiger partial charge on any atom is -0.352 e. The minimum atomic E-state index is -3.61. The number of nitrogens with zero attached hydrogens (tertiary/aromatic N) is 2. The van der Waals surface area contributed by atoms with Crippen LogP contribution in [0.25, 0.3) is 0 Å². The first-order valence-electron chi connectivity index (χ1n) is 14.3. The molecule has 9 heteroatoms. The van der Waals surface area contributed by atoms with Crippen molar-refractivity contribution in [1.82, 2.24) is 10.2 Å². The van der Waals surface area contributed by atoms with E-state index in [4.69, 9.17) is 0 Å². The van der Waals surface area contributed by atoms with Crippen LogP contribution in [0.4, 0.5) is 10.1 Å². The van der Waals surface area contributed by atoms with Crippen molar-refractivity contribution >= 4 is 27.5 Å². The van der Waals surface area contributed by atoms with Gasteiger partial charge in [0.05, 0.1) is 11.9 Å². The molecule has 0 radical (unpaired) electrons. The van der Waals surface area contributed by atoms with E-state index in [1.54, 1.807) is 24.3 Å². The molecule has 0 unspecified atom stereocenters. The van der Waals surface area contributed by atoms with E-state index in [0.717, 1.165) is 22.9 Å². The maximum atomic E-state index is 14.8. The molecule has 42 heavy (non-hydrogen) atoms. The maximum absolute atomic E-state index is 14.8. The molecular weight excluding hydrogens is 553 g/mol. The van der Waals surface area contributed by atoms with Crippen LogP contribution in [-0.2, 0) is 32.6 Å². The summed E-state index contributed by atoms with van der Waals surface area (Å²) in [6.07, 6.45) is 2.31. The number of carbonyl (C=O) groups excluding carboxylic acids is 2. The number of halogens is 1. The van der Waals surface area contributed by atoms with Crippen molar-refractivity contribution in [2.45, 2.75) is 72.0 Å². The highest BCUT2D eigenvalue weighted by Gasteiger charge is 2.31. The van der Waals surface area contributed by atoms with Crippen molar-refractivity contribution in [2.24, 2.45) is 0 Å². The zero-order valence-corrected chi connectivity index (χ0v) is 26.0. The molecule has 3 aromatic rings. The van der Waals surface area contributed by atoms with Crippen LogP contribution in [0.15, 0.2) is 72.8 Å². The van der Waals surface area contributed by atoms with Gasteiger partial charge in [0, 0.05) is 37.5 Å². The molecule has 0 saturated heterocycles. The normalized spacial score (nSPS) is 12.8. The number of aryl methyl sites for hydroxylation is 2. The van der Waals surface area contributed by atoms with Crippen LogP contribution in [0.2, 0.25) is 0 Å². The largest absolute Gasteiger partial charge is 0.352 e. The Bertz CT molecular complexity index is 1460. The van der Waals surface area contributed by atoms with E-state index >= 15 is 0 Å². The third-order valence-corrected chi connectivity index (χ3v) is 8.70. The molecule has 1 N–H and O–H groups in total. The van der Waals surface area contributed by atoms with Crippen molar-refractivity contribution in [3.8, 4) is 0 Å². The van der Waals surface area contributed by atoms with Gasteiger partial charge in [0.25, 0.3) is 0 Å². The Kier molecular flexibility index (Phi) is 11.7. The lowest BCUT2D eigenvalue weighted by Crippen LogP contribution is -2.52. The van der Waals surface area contributed by atoms with E-state index in [1.807, 2.05) is 70.2 Å². The predicted molar refractivity (Wildman–Crippen MR) is 166 cm³/mol. The van der Waals surface area contributed by atoms with Gasteiger partial charge in [0.1, 0.15) is 11.9 Å². The highest BCUT2D eigenvalue weighted by Crippen LogP contribution is 2.23. The number of benzene rings is 3. The number of hydrogen-bond acceptors (Lipinski definition) is 4. The Morgan fingerprint density at radius 2 is 1.62 bits per heavy atom. The zero-order valence-electron chi connectivity index (χ0n) is 25.1. The van der Waals surface area contributed by atoms with Gasteiger partial charge in [-0.3, -0.25) is 13.9 Å². The quantitative estimate of drug-likeness (QED) is 0.265. The van der Waals surface area contributed by atoms with Crippen molar-refractivity contribution < 1.29 is 22.4 Å². The van der Waals surface area contributed by atoms with Crippen LogP contribution in [0.3, 0.4) is 0 Å². The van der Waals surface area contributed by atoms with Gasteiger partial charge in [0.15, 0.2) is 0 Å². The molecule has 226 valence electrons. The van der Waals surface area contributed by atoms with Gasteiger partial charge in [0.2, 0.25) is 21.8 Å². The third kappa shape index (κ3) is 9.14. The summed E-state index contributed by atoms with van der Waals surface area (Å²) in [4.78, 5) is 28.9. The Hall–Kier alpha value is -3.72. The predicted octanol–water partition coefficient (Wildman–Crippen LogP) is 5.54. The molecule has 0 aliphatic heterocycles. The third-order valence-electron chi connectivity index (χ3n) is 7.50. The number of rotatable bonds is 14. The Labute approximate surface area is 249 Å². The van der Waals surface area contributed by atoms with Crippen LogP contribution < -0.4 is 9.62 Å². The molecule has 0 spiro atoms. The number of carbonyl (C=O) groups is 2. The van der Waals surface area contributed by atoms with Crippen LogP contribution >= 0.6 is 0 Å². The summed E-state index contributed by atoms with van der Waals surface area (Å²) in [6, 6.07) is 20.1. The van der Waals surface area contributed by atoms with Gasteiger partial charge < -0.3 is 10.2 Å². The van der Waals surface area contributed by atoms with E-state index in [9.17, 15) is 22.4 Å². The Morgan fingerprint density at radius 1 is 0.952 bits per heavy atom. The molecule has 0 aromatic heterocycles. The first kappa shape index (κ1) is 32.8. The standard InChI is InChI=1S/C33H42FN3O4S/c1-6-26(4)35-33(39)31(22-27-13-8-7-9-14-27)36(23-28-15-10-11-16-30(28)34)32(38)17-12-20-37(42(5,40)41)29-19-18-24(2)25(3)21-29/h7-11,13-16,18-19,21,26,31H,6,12,17,20,22-23H2,1-5H3,(H,35,39)/t26-,31-/m0/s1.